The van der Waals surface area contributed by atoms with E-state index in [1.165, 1.54) is 12.4 Å². The minimum absolute atomic E-state index is 0.238. The quantitative estimate of drug-likeness (QED) is 0.487. The Bertz CT molecular complexity index is 1130. The van der Waals surface area contributed by atoms with Crippen LogP contribution in [-0.2, 0) is 4.79 Å². The number of hydrogen-bond acceptors (Lipinski definition) is 6. The predicted molar refractivity (Wildman–Crippen MR) is 110 cm³/mol. The molecule has 1 aromatic carbocycles. The molecular formula is C21H18N6O2. The second-order valence-electron chi connectivity index (χ2n) is 6.15. The van der Waals surface area contributed by atoms with Gasteiger partial charge in [0.05, 0.1) is 6.26 Å². The number of carbonyl (C=O) groups is 1. The van der Waals surface area contributed by atoms with E-state index in [2.05, 4.69) is 25.6 Å². The molecule has 0 spiro atoms. The van der Waals surface area contributed by atoms with Crippen molar-refractivity contribution in [3.8, 4) is 5.82 Å². The zero-order valence-electron chi connectivity index (χ0n) is 15.6. The van der Waals surface area contributed by atoms with Gasteiger partial charge in [-0.1, -0.05) is 0 Å². The zero-order chi connectivity index (χ0) is 20.1. The summed E-state index contributed by atoms with van der Waals surface area (Å²) in [6, 6.07) is 12.7. The molecule has 0 bridgehead atoms. The number of carbonyl (C=O) groups excluding carboxylic acids is 1. The van der Waals surface area contributed by atoms with Crippen molar-refractivity contribution in [3.63, 3.8) is 0 Å². The molecule has 0 aliphatic carbocycles. The van der Waals surface area contributed by atoms with Gasteiger partial charge in [-0.3, -0.25) is 9.36 Å². The number of aryl methyl sites for hydroxylation is 1. The molecule has 0 unspecified atom stereocenters. The fraction of sp³-hybridized carbons (Fsp3) is 0.0476. The van der Waals surface area contributed by atoms with E-state index in [9.17, 15) is 4.79 Å². The molecule has 144 valence electrons. The van der Waals surface area contributed by atoms with Crippen molar-refractivity contribution in [2.75, 3.05) is 10.6 Å². The predicted octanol–water partition coefficient (Wildman–Crippen LogP) is 3.96. The summed E-state index contributed by atoms with van der Waals surface area (Å²) in [5.74, 6) is 2.61. The summed E-state index contributed by atoms with van der Waals surface area (Å²) in [6.45, 7) is 1.91. The highest BCUT2D eigenvalue weighted by Crippen LogP contribution is 2.19. The van der Waals surface area contributed by atoms with Crippen molar-refractivity contribution in [2.24, 2.45) is 0 Å². The third-order valence-electron chi connectivity index (χ3n) is 4.09. The van der Waals surface area contributed by atoms with Gasteiger partial charge in [0.2, 0.25) is 5.91 Å². The first-order chi connectivity index (χ1) is 14.2. The van der Waals surface area contributed by atoms with Crippen LogP contribution in [0.1, 0.15) is 11.6 Å². The molecule has 0 saturated carbocycles. The number of furan rings is 1. The van der Waals surface area contributed by atoms with Crippen LogP contribution in [-0.4, -0.2) is 25.4 Å². The summed E-state index contributed by atoms with van der Waals surface area (Å²) in [5, 5.41) is 6.02. The van der Waals surface area contributed by atoms with Crippen LogP contribution in [0.5, 0.6) is 0 Å². The molecule has 4 rings (SSSR count). The monoisotopic (exact) mass is 386 g/mol. The molecular weight excluding hydrogens is 368 g/mol. The van der Waals surface area contributed by atoms with Crippen LogP contribution in [0, 0.1) is 6.92 Å². The molecule has 4 aromatic rings. The smallest absolute Gasteiger partial charge is 0.248 e. The first-order valence-electron chi connectivity index (χ1n) is 8.89. The number of aromatic nitrogens is 4. The number of rotatable bonds is 6. The van der Waals surface area contributed by atoms with Crippen LogP contribution in [0.2, 0.25) is 0 Å². The van der Waals surface area contributed by atoms with Gasteiger partial charge >= 0.3 is 0 Å². The maximum atomic E-state index is 12.0. The topological polar surface area (TPSA) is 97.9 Å². The minimum Gasteiger partial charge on any atom is -0.465 e. The van der Waals surface area contributed by atoms with Gasteiger partial charge < -0.3 is 15.1 Å². The van der Waals surface area contributed by atoms with Gasteiger partial charge in [0, 0.05) is 35.9 Å². The molecule has 2 N–H and O–H groups in total. The van der Waals surface area contributed by atoms with Crippen molar-refractivity contribution < 1.29 is 9.21 Å². The van der Waals surface area contributed by atoms with Crippen molar-refractivity contribution in [3.05, 3.63) is 85.1 Å². The lowest BCUT2D eigenvalue weighted by Crippen LogP contribution is -2.07. The van der Waals surface area contributed by atoms with E-state index in [4.69, 9.17) is 4.42 Å². The molecule has 3 aromatic heterocycles. The van der Waals surface area contributed by atoms with E-state index in [-0.39, 0.29) is 5.91 Å². The molecule has 0 aliphatic heterocycles. The normalized spacial score (nSPS) is 10.9. The van der Waals surface area contributed by atoms with Crippen molar-refractivity contribution in [1.82, 2.24) is 19.5 Å². The maximum absolute atomic E-state index is 12.0. The molecule has 0 aliphatic rings. The van der Waals surface area contributed by atoms with Crippen LogP contribution < -0.4 is 10.6 Å². The van der Waals surface area contributed by atoms with Crippen LogP contribution in [0.25, 0.3) is 11.9 Å². The Balaban J connectivity index is 1.40. The number of amides is 1. The van der Waals surface area contributed by atoms with Gasteiger partial charge in [-0.15, -0.1) is 0 Å². The second kappa shape index (κ2) is 8.22. The fourth-order valence-electron chi connectivity index (χ4n) is 2.68. The summed E-state index contributed by atoms with van der Waals surface area (Å²) < 4.78 is 7.03. The summed E-state index contributed by atoms with van der Waals surface area (Å²) in [6.07, 6.45) is 9.66. The number of benzene rings is 1. The third-order valence-corrected chi connectivity index (χ3v) is 4.09. The van der Waals surface area contributed by atoms with E-state index in [1.807, 2.05) is 48.0 Å². The average molecular weight is 386 g/mol. The van der Waals surface area contributed by atoms with Crippen molar-refractivity contribution in [2.45, 2.75) is 6.92 Å². The van der Waals surface area contributed by atoms with Crippen molar-refractivity contribution in [1.29, 1.82) is 0 Å². The van der Waals surface area contributed by atoms with Gasteiger partial charge in [0.15, 0.2) is 0 Å². The van der Waals surface area contributed by atoms with Crippen LogP contribution in [0.3, 0.4) is 0 Å². The number of hydrogen-bond donors (Lipinski definition) is 2. The number of anilines is 3. The molecule has 3 heterocycles. The Labute approximate surface area is 167 Å². The average Bonchev–Trinajstić information content (AvgIpc) is 3.40. The SMILES string of the molecule is Cc1nccn1-c1cc(Nc2ccc(NC(=O)/C=C/c3ccco3)cc2)ncn1. The summed E-state index contributed by atoms with van der Waals surface area (Å²) in [5.41, 5.74) is 1.52. The minimum atomic E-state index is -0.238. The lowest BCUT2D eigenvalue weighted by Gasteiger charge is -2.09. The Hall–Kier alpha value is -4.20. The van der Waals surface area contributed by atoms with Crippen LogP contribution in [0.15, 0.2) is 77.9 Å². The molecule has 29 heavy (non-hydrogen) atoms. The second-order valence-corrected chi connectivity index (χ2v) is 6.15. The summed E-state index contributed by atoms with van der Waals surface area (Å²) >= 11 is 0. The van der Waals surface area contributed by atoms with Gasteiger partial charge in [-0.05, 0) is 49.4 Å². The number of nitrogens with zero attached hydrogens (tertiary/aromatic N) is 4. The maximum Gasteiger partial charge on any atom is 0.248 e. The van der Waals surface area contributed by atoms with E-state index >= 15 is 0 Å². The van der Waals surface area contributed by atoms with Gasteiger partial charge in [0.1, 0.15) is 29.5 Å². The highest BCUT2D eigenvalue weighted by molar-refractivity contribution is 6.01. The zero-order valence-corrected chi connectivity index (χ0v) is 15.6. The highest BCUT2D eigenvalue weighted by Gasteiger charge is 2.05. The molecule has 8 nitrogen and oxygen atoms in total. The van der Waals surface area contributed by atoms with Crippen LogP contribution >= 0.6 is 0 Å². The first kappa shape index (κ1) is 18.2. The molecule has 8 heteroatoms. The lowest BCUT2D eigenvalue weighted by molar-refractivity contribution is -0.111. The molecule has 0 saturated heterocycles. The van der Waals surface area contributed by atoms with Gasteiger partial charge in [-0.2, -0.15) is 0 Å². The Kier molecular flexibility index (Phi) is 5.15. The number of imidazole rings is 1. The third kappa shape index (κ3) is 4.56. The van der Waals surface area contributed by atoms with Gasteiger partial charge in [0.25, 0.3) is 0 Å². The summed E-state index contributed by atoms with van der Waals surface area (Å²) in [4.78, 5) is 24.7. The van der Waals surface area contributed by atoms with E-state index in [0.29, 0.717) is 17.3 Å². The number of nitrogens with one attached hydrogen (secondary N) is 2. The first-order valence-corrected chi connectivity index (χ1v) is 8.89. The fourth-order valence-corrected chi connectivity index (χ4v) is 2.68. The molecule has 0 fully saturated rings. The molecule has 0 atom stereocenters. The summed E-state index contributed by atoms with van der Waals surface area (Å²) in [7, 11) is 0. The molecule has 1 amide bonds. The van der Waals surface area contributed by atoms with E-state index < -0.39 is 0 Å². The Morgan fingerprint density at radius 2 is 1.93 bits per heavy atom. The lowest BCUT2D eigenvalue weighted by atomic mass is 10.2. The van der Waals surface area contributed by atoms with Crippen molar-refractivity contribution >= 4 is 29.2 Å². The Morgan fingerprint density at radius 1 is 1.10 bits per heavy atom. The standard InChI is InChI=1S/C21H18N6O2/c1-15-22-10-11-27(15)20-13-19(23-14-24-20)25-16-4-6-17(7-5-16)26-21(28)9-8-18-3-2-12-29-18/h2-14H,1H3,(H,26,28)(H,23,24,25)/b9-8+. The van der Waals surface area contributed by atoms with E-state index in [0.717, 1.165) is 17.3 Å². The molecule has 0 radical (unpaired) electrons. The van der Waals surface area contributed by atoms with Crippen LogP contribution in [0.4, 0.5) is 17.2 Å². The van der Waals surface area contributed by atoms with Gasteiger partial charge in [-0.25, -0.2) is 15.0 Å². The van der Waals surface area contributed by atoms with E-state index in [1.54, 1.807) is 30.7 Å². The highest BCUT2D eigenvalue weighted by atomic mass is 16.3. The Morgan fingerprint density at radius 3 is 2.66 bits per heavy atom. The largest absolute Gasteiger partial charge is 0.465 e.